The summed E-state index contributed by atoms with van der Waals surface area (Å²) in [5.41, 5.74) is 2.41. The number of para-hydroxylation sites is 1. The SMILES string of the molecule is COC(=O)c1c(-c2ccc(Br)cc2)cn(-c2ccccc2)c1C(=O)OC. The molecule has 0 saturated heterocycles. The Morgan fingerprint density at radius 3 is 2.08 bits per heavy atom. The van der Waals surface area contributed by atoms with Crippen molar-refractivity contribution in [2.45, 2.75) is 0 Å². The van der Waals surface area contributed by atoms with Gasteiger partial charge >= 0.3 is 11.9 Å². The van der Waals surface area contributed by atoms with Crippen LogP contribution in [-0.2, 0) is 9.47 Å². The lowest BCUT2D eigenvalue weighted by Crippen LogP contribution is -2.15. The van der Waals surface area contributed by atoms with E-state index in [1.165, 1.54) is 14.2 Å². The van der Waals surface area contributed by atoms with Crippen LogP contribution >= 0.6 is 15.9 Å². The lowest BCUT2D eigenvalue weighted by atomic mass is 10.0. The molecule has 0 N–H and O–H groups in total. The largest absolute Gasteiger partial charge is 0.465 e. The number of rotatable bonds is 4. The predicted octanol–water partition coefficient (Wildman–Crippen LogP) is 4.48. The quantitative estimate of drug-likeness (QED) is 0.591. The molecule has 0 atom stereocenters. The van der Waals surface area contributed by atoms with Crippen molar-refractivity contribution in [3.8, 4) is 16.8 Å². The third-order valence-electron chi connectivity index (χ3n) is 3.96. The highest BCUT2D eigenvalue weighted by atomic mass is 79.9. The first-order valence-corrected chi connectivity index (χ1v) is 8.59. The number of halogens is 1. The summed E-state index contributed by atoms with van der Waals surface area (Å²) in [7, 11) is 2.57. The number of nitrogens with zero attached hydrogens (tertiary/aromatic N) is 1. The van der Waals surface area contributed by atoms with Gasteiger partial charge in [0, 0.05) is 21.9 Å². The number of ether oxygens (including phenoxy) is 2. The first kappa shape index (κ1) is 17.9. The fraction of sp³-hybridized carbons (Fsp3) is 0.100. The zero-order chi connectivity index (χ0) is 18.7. The normalized spacial score (nSPS) is 10.4. The van der Waals surface area contributed by atoms with Crippen molar-refractivity contribution >= 4 is 27.9 Å². The summed E-state index contributed by atoms with van der Waals surface area (Å²) in [6.45, 7) is 0. The lowest BCUT2D eigenvalue weighted by Gasteiger charge is -2.09. The average Bonchev–Trinajstić information content (AvgIpc) is 3.08. The first-order chi connectivity index (χ1) is 12.6. The van der Waals surface area contributed by atoms with Gasteiger partial charge < -0.3 is 14.0 Å². The van der Waals surface area contributed by atoms with Gasteiger partial charge in [0.25, 0.3) is 0 Å². The Balaban J connectivity index is 2.33. The molecular formula is C20H16BrNO4. The smallest absolute Gasteiger partial charge is 0.355 e. The minimum absolute atomic E-state index is 0.128. The van der Waals surface area contributed by atoms with E-state index in [1.807, 2.05) is 54.6 Å². The summed E-state index contributed by atoms with van der Waals surface area (Å²) < 4.78 is 12.4. The molecule has 2 aromatic carbocycles. The molecule has 0 aliphatic rings. The monoisotopic (exact) mass is 413 g/mol. The summed E-state index contributed by atoms with van der Waals surface area (Å²) in [5, 5.41) is 0. The van der Waals surface area contributed by atoms with Gasteiger partial charge in [0.05, 0.1) is 14.2 Å². The summed E-state index contributed by atoms with van der Waals surface area (Å²) in [4.78, 5) is 25.0. The number of hydrogen-bond donors (Lipinski definition) is 0. The minimum atomic E-state index is -0.613. The standard InChI is InChI=1S/C20H16BrNO4/c1-25-19(23)17-16(13-8-10-14(21)11-9-13)12-22(18(17)20(24)26-2)15-6-4-3-5-7-15/h3-12H,1-2H3. The predicted molar refractivity (Wildman–Crippen MR) is 102 cm³/mol. The molecule has 0 bridgehead atoms. The number of esters is 2. The maximum Gasteiger partial charge on any atom is 0.355 e. The van der Waals surface area contributed by atoms with Crippen LogP contribution in [0.1, 0.15) is 20.8 Å². The van der Waals surface area contributed by atoms with E-state index in [4.69, 9.17) is 9.47 Å². The Morgan fingerprint density at radius 2 is 1.50 bits per heavy atom. The number of carbonyl (C=O) groups excluding carboxylic acids is 2. The summed E-state index contributed by atoms with van der Waals surface area (Å²) in [6.07, 6.45) is 1.75. The Kier molecular flexibility index (Phi) is 5.23. The molecule has 26 heavy (non-hydrogen) atoms. The molecule has 0 unspecified atom stereocenters. The fourth-order valence-corrected chi connectivity index (χ4v) is 3.02. The van der Waals surface area contributed by atoms with Crippen molar-refractivity contribution in [3.63, 3.8) is 0 Å². The van der Waals surface area contributed by atoms with Crippen LogP contribution in [-0.4, -0.2) is 30.7 Å². The second-order valence-electron chi connectivity index (χ2n) is 5.46. The maximum absolute atomic E-state index is 12.5. The van der Waals surface area contributed by atoms with Gasteiger partial charge in [0.2, 0.25) is 0 Å². The number of methoxy groups -OCH3 is 2. The van der Waals surface area contributed by atoms with Crippen molar-refractivity contribution in [2.24, 2.45) is 0 Å². The second-order valence-corrected chi connectivity index (χ2v) is 6.38. The van der Waals surface area contributed by atoms with Gasteiger partial charge in [-0.25, -0.2) is 9.59 Å². The van der Waals surface area contributed by atoms with E-state index in [-0.39, 0.29) is 11.3 Å². The highest BCUT2D eigenvalue weighted by Gasteiger charge is 2.29. The molecular weight excluding hydrogens is 398 g/mol. The van der Waals surface area contributed by atoms with Crippen molar-refractivity contribution < 1.29 is 19.1 Å². The van der Waals surface area contributed by atoms with E-state index in [9.17, 15) is 9.59 Å². The molecule has 3 rings (SSSR count). The second kappa shape index (κ2) is 7.58. The zero-order valence-electron chi connectivity index (χ0n) is 14.2. The van der Waals surface area contributed by atoms with Crippen LogP contribution in [0.2, 0.25) is 0 Å². The molecule has 0 aliphatic heterocycles. The van der Waals surface area contributed by atoms with Crippen LogP contribution in [0, 0.1) is 0 Å². The van der Waals surface area contributed by atoms with E-state index in [0.29, 0.717) is 5.56 Å². The highest BCUT2D eigenvalue weighted by Crippen LogP contribution is 2.32. The molecule has 0 amide bonds. The summed E-state index contributed by atoms with van der Waals surface area (Å²) in [6, 6.07) is 16.7. The van der Waals surface area contributed by atoms with Crippen LogP contribution in [0.4, 0.5) is 0 Å². The Bertz CT molecular complexity index is 946. The van der Waals surface area contributed by atoms with Crippen LogP contribution in [0.5, 0.6) is 0 Å². The van der Waals surface area contributed by atoms with Crippen LogP contribution < -0.4 is 0 Å². The Labute approximate surface area is 159 Å². The summed E-state index contributed by atoms with van der Waals surface area (Å²) in [5.74, 6) is -1.21. The molecule has 1 heterocycles. The summed E-state index contributed by atoms with van der Waals surface area (Å²) >= 11 is 3.40. The van der Waals surface area contributed by atoms with Crippen molar-refractivity contribution in [3.05, 3.63) is 76.5 Å². The van der Waals surface area contributed by atoms with Crippen molar-refractivity contribution in [2.75, 3.05) is 14.2 Å². The minimum Gasteiger partial charge on any atom is -0.465 e. The molecule has 132 valence electrons. The average molecular weight is 414 g/mol. The van der Waals surface area contributed by atoms with Gasteiger partial charge in [-0.2, -0.15) is 0 Å². The van der Waals surface area contributed by atoms with E-state index in [1.54, 1.807) is 10.8 Å². The topological polar surface area (TPSA) is 57.5 Å². The number of carbonyl (C=O) groups is 2. The molecule has 6 heteroatoms. The molecule has 0 radical (unpaired) electrons. The molecule has 0 spiro atoms. The van der Waals surface area contributed by atoms with Gasteiger partial charge in [-0.05, 0) is 29.8 Å². The van der Waals surface area contributed by atoms with E-state index in [0.717, 1.165) is 15.7 Å². The fourth-order valence-electron chi connectivity index (χ4n) is 2.75. The van der Waals surface area contributed by atoms with Crippen LogP contribution in [0.3, 0.4) is 0 Å². The molecule has 0 fully saturated rings. The number of benzene rings is 2. The van der Waals surface area contributed by atoms with Gasteiger partial charge in [-0.15, -0.1) is 0 Å². The highest BCUT2D eigenvalue weighted by molar-refractivity contribution is 9.10. The maximum atomic E-state index is 12.5. The molecule has 5 nitrogen and oxygen atoms in total. The molecule has 3 aromatic rings. The van der Waals surface area contributed by atoms with Crippen LogP contribution in [0.15, 0.2) is 65.3 Å². The lowest BCUT2D eigenvalue weighted by molar-refractivity contribution is 0.0550. The van der Waals surface area contributed by atoms with Crippen LogP contribution in [0.25, 0.3) is 16.8 Å². The molecule has 0 aliphatic carbocycles. The Morgan fingerprint density at radius 1 is 0.885 bits per heavy atom. The number of aromatic nitrogens is 1. The zero-order valence-corrected chi connectivity index (χ0v) is 15.8. The van der Waals surface area contributed by atoms with Gasteiger partial charge in [0.1, 0.15) is 11.3 Å². The Hall–Kier alpha value is -2.86. The molecule has 1 aromatic heterocycles. The van der Waals surface area contributed by atoms with Gasteiger partial charge in [-0.1, -0.05) is 46.3 Å². The van der Waals surface area contributed by atoms with E-state index >= 15 is 0 Å². The van der Waals surface area contributed by atoms with E-state index in [2.05, 4.69) is 15.9 Å². The van der Waals surface area contributed by atoms with Crippen molar-refractivity contribution in [1.82, 2.24) is 4.57 Å². The third kappa shape index (κ3) is 3.28. The van der Waals surface area contributed by atoms with Gasteiger partial charge in [-0.3, -0.25) is 0 Å². The first-order valence-electron chi connectivity index (χ1n) is 7.80. The third-order valence-corrected chi connectivity index (χ3v) is 4.49. The van der Waals surface area contributed by atoms with Gasteiger partial charge in [0.15, 0.2) is 0 Å². The number of hydrogen-bond acceptors (Lipinski definition) is 4. The molecule has 0 saturated carbocycles. The van der Waals surface area contributed by atoms with E-state index < -0.39 is 11.9 Å². The van der Waals surface area contributed by atoms with Crippen molar-refractivity contribution in [1.29, 1.82) is 0 Å².